The number of nitrogens with zero attached hydrogens (tertiary/aromatic N) is 5. The Balaban J connectivity index is 1.38. The van der Waals surface area contributed by atoms with Gasteiger partial charge in [-0.3, -0.25) is 9.78 Å². The van der Waals surface area contributed by atoms with Crippen LogP contribution >= 0.6 is 23.2 Å². The third-order valence-corrected chi connectivity index (χ3v) is 8.36. The molecule has 1 atom stereocenters. The van der Waals surface area contributed by atoms with Gasteiger partial charge in [-0.05, 0) is 54.4 Å². The van der Waals surface area contributed by atoms with Crippen LogP contribution in [0.3, 0.4) is 0 Å². The molecule has 45 heavy (non-hydrogen) atoms. The highest BCUT2D eigenvalue weighted by molar-refractivity contribution is 6.31. The van der Waals surface area contributed by atoms with Crippen molar-refractivity contribution in [3.05, 3.63) is 143 Å². The lowest BCUT2D eigenvalue weighted by atomic mass is 9.99. The van der Waals surface area contributed by atoms with Gasteiger partial charge in [0.1, 0.15) is 11.5 Å². The zero-order chi connectivity index (χ0) is 30.9. The molecule has 222 valence electrons. The topological polar surface area (TPSA) is 93.4 Å². The standard InChI is InChI=1S/C35H27Cl2N7O/c1-22(24-7-9-26(36)10-8-24)43-21-39-32(25-5-3-2-4-6-25)34(43)31-28-12-11-27(37)19-29(28)41-33(31)35(45)42-30-15-18-40-44(30)20-23-13-16-38-17-14-23/h2-19,21-22,41H,20H2,1H3,(H,42,45)/t22-/m0/s1. The average molecular weight is 633 g/mol. The number of aromatic amines is 1. The molecule has 10 heteroatoms. The van der Waals surface area contributed by atoms with Crippen molar-refractivity contribution in [2.45, 2.75) is 19.5 Å². The van der Waals surface area contributed by atoms with Crippen LogP contribution in [0.5, 0.6) is 0 Å². The molecular weight excluding hydrogens is 605 g/mol. The van der Waals surface area contributed by atoms with Crippen molar-refractivity contribution < 1.29 is 4.79 Å². The molecule has 4 aromatic heterocycles. The normalized spacial score (nSPS) is 12.0. The minimum Gasteiger partial charge on any atom is -0.350 e. The summed E-state index contributed by atoms with van der Waals surface area (Å²) in [6.07, 6.45) is 6.96. The minimum absolute atomic E-state index is 0.128. The van der Waals surface area contributed by atoms with Gasteiger partial charge in [-0.1, -0.05) is 71.7 Å². The largest absolute Gasteiger partial charge is 0.350 e. The summed E-state index contributed by atoms with van der Waals surface area (Å²) in [5.74, 6) is 0.241. The Labute approximate surface area is 269 Å². The van der Waals surface area contributed by atoms with Gasteiger partial charge in [0, 0.05) is 50.5 Å². The molecule has 0 bridgehead atoms. The highest BCUT2D eigenvalue weighted by Gasteiger charge is 2.28. The number of rotatable bonds is 8. The van der Waals surface area contributed by atoms with Gasteiger partial charge < -0.3 is 14.9 Å². The average Bonchev–Trinajstić information content (AvgIpc) is 3.78. The number of nitrogens with one attached hydrogen (secondary N) is 2. The molecule has 8 nitrogen and oxygen atoms in total. The second kappa shape index (κ2) is 12.1. The summed E-state index contributed by atoms with van der Waals surface area (Å²) in [6.45, 7) is 2.58. The summed E-state index contributed by atoms with van der Waals surface area (Å²) >= 11 is 12.7. The maximum absolute atomic E-state index is 14.3. The van der Waals surface area contributed by atoms with E-state index in [1.807, 2.05) is 91.3 Å². The maximum Gasteiger partial charge on any atom is 0.273 e. The summed E-state index contributed by atoms with van der Waals surface area (Å²) in [6, 6.07) is 28.8. The first kappa shape index (κ1) is 28.6. The van der Waals surface area contributed by atoms with Crippen LogP contribution in [0.15, 0.2) is 116 Å². The third kappa shape index (κ3) is 5.61. The Bertz CT molecular complexity index is 2120. The van der Waals surface area contributed by atoms with E-state index in [2.05, 4.69) is 31.9 Å². The van der Waals surface area contributed by atoms with E-state index in [4.69, 9.17) is 28.2 Å². The van der Waals surface area contributed by atoms with Crippen molar-refractivity contribution in [1.82, 2.24) is 29.3 Å². The molecule has 7 aromatic rings. The van der Waals surface area contributed by atoms with E-state index < -0.39 is 0 Å². The number of pyridine rings is 1. The van der Waals surface area contributed by atoms with Crippen LogP contribution in [0.2, 0.25) is 10.0 Å². The molecule has 0 spiro atoms. The van der Waals surface area contributed by atoms with Crippen molar-refractivity contribution in [2.75, 3.05) is 5.32 Å². The molecule has 0 unspecified atom stereocenters. The van der Waals surface area contributed by atoms with Gasteiger partial charge in [0.25, 0.3) is 5.91 Å². The number of H-pyrrole nitrogens is 1. The number of halogens is 2. The number of amides is 1. The maximum atomic E-state index is 14.3. The first-order valence-corrected chi connectivity index (χ1v) is 15.1. The Morgan fingerprint density at radius 3 is 2.44 bits per heavy atom. The number of benzene rings is 3. The summed E-state index contributed by atoms with van der Waals surface area (Å²) in [4.78, 5) is 26.6. The quantitative estimate of drug-likeness (QED) is 0.176. The van der Waals surface area contributed by atoms with Gasteiger partial charge in [-0.25, -0.2) is 9.67 Å². The summed E-state index contributed by atoms with van der Waals surface area (Å²) in [5, 5.41) is 9.60. The van der Waals surface area contributed by atoms with Crippen LogP contribution in [0.25, 0.3) is 33.4 Å². The molecule has 0 aliphatic carbocycles. The number of imidazole rings is 1. The molecule has 0 saturated heterocycles. The highest BCUT2D eigenvalue weighted by atomic mass is 35.5. The molecule has 0 aliphatic rings. The zero-order valence-corrected chi connectivity index (χ0v) is 25.7. The van der Waals surface area contributed by atoms with Crippen LogP contribution in [-0.2, 0) is 6.54 Å². The molecule has 4 heterocycles. The predicted molar refractivity (Wildman–Crippen MR) is 179 cm³/mol. The van der Waals surface area contributed by atoms with Crippen molar-refractivity contribution in [3.8, 4) is 22.5 Å². The van der Waals surface area contributed by atoms with Crippen molar-refractivity contribution in [2.24, 2.45) is 0 Å². The highest BCUT2D eigenvalue weighted by Crippen LogP contribution is 2.41. The van der Waals surface area contributed by atoms with Gasteiger partial charge in [0.15, 0.2) is 0 Å². The van der Waals surface area contributed by atoms with E-state index in [1.165, 1.54) is 0 Å². The molecule has 0 aliphatic heterocycles. The summed E-state index contributed by atoms with van der Waals surface area (Å²) in [5.41, 5.74) is 6.38. The molecule has 1 amide bonds. The van der Waals surface area contributed by atoms with E-state index in [-0.39, 0.29) is 11.9 Å². The minimum atomic E-state index is -0.320. The molecule has 0 radical (unpaired) electrons. The smallest absolute Gasteiger partial charge is 0.273 e. The van der Waals surface area contributed by atoms with E-state index in [1.54, 1.807) is 29.3 Å². The Hall–Kier alpha value is -5.18. The number of aromatic nitrogens is 6. The van der Waals surface area contributed by atoms with Crippen LogP contribution in [-0.4, -0.2) is 35.2 Å². The van der Waals surface area contributed by atoms with Crippen LogP contribution in [0, 0.1) is 0 Å². The predicted octanol–water partition coefficient (Wildman–Crippen LogP) is 8.51. The second-order valence-electron chi connectivity index (χ2n) is 10.7. The van der Waals surface area contributed by atoms with E-state index in [0.717, 1.165) is 44.5 Å². The molecule has 0 fully saturated rings. The Kier molecular flexibility index (Phi) is 7.67. The monoisotopic (exact) mass is 631 g/mol. The number of hydrogen-bond acceptors (Lipinski definition) is 4. The van der Waals surface area contributed by atoms with Gasteiger partial charge >= 0.3 is 0 Å². The van der Waals surface area contributed by atoms with E-state index >= 15 is 0 Å². The lowest BCUT2D eigenvalue weighted by Crippen LogP contribution is -2.18. The fourth-order valence-electron chi connectivity index (χ4n) is 5.60. The number of carbonyl (C=O) groups excluding carboxylic acids is 1. The lowest BCUT2D eigenvalue weighted by Gasteiger charge is -2.19. The molecule has 3 aromatic carbocycles. The number of anilines is 1. The third-order valence-electron chi connectivity index (χ3n) is 7.87. The molecule has 2 N–H and O–H groups in total. The number of fused-ring (bicyclic) bond motifs is 1. The van der Waals surface area contributed by atoms with Gasteiger partial charge in [0.2, 0.25) is 0 Å². The van der Waals surface area contributed by atoms with E-state index in [9.17, 15) is 4.79 Å². The first-order valence-electron chi connectivity index (χ1n) is 14.4. The van der Waals surface area contributed by atoms with E-state index in [0.29, 0.717) is 28.1 Å². The number of carbonyl (C=O) groups is 1. The van der Waals surface area contributed by atoms with Gasteiger partial charge in [-0.2, -0.15) is 5.10 Å². The van der Waals surface area contributed by atoms with Crippen molar-refractivity contribution in [3.63, 3.8) is 0 Å². The fourth-order valence-corrected chi connectivity index (χ4v) is 5.90. The van der Waals surface area contributed by atoms with Crippen LogP contribution < -0.4 is 5.32 Å². The molecular formula is C35H27Cl2N7O. The number of hydrogen-bond donors (Lipinski definition) is 2. The Morgan fingerprint density at radius 1 is 0.911 bits per heavy atom. The molecule has 7 rings (SSSR count). The van der Waals surface area contributed by atoms with Gasteiger partial charge in [0.05, 0.1) is 36.5 Å². The summed E-state index contributed by atoms with van der Waals surface area (Å²) in [7, 11) is 0. The van der Waals surface area contributed by atoms with Crippen molar-refractivity contribution >= 4 is 45.8 Å². The lowest BCUT2D eigenvalue weighted by molar-refractivity contribution is 0.102. The first-order chi connectivity index (χ1) is 22.0. The fraction of sp³-hybridized carbons (Fsp3) is 0.0857. The Morgan fingerprint density at radius 2 is 1.67 bits per heavy atom. The second-order valence-corrected chi connectivity index (χ2v) is 11.6. The van der Waals surface area contributed by atoms with Crippen molar-refractivity contribution in [1.29, 1.82) is 0 Å². The SMILES string of the molecule is C[C@@H](c1ccc(Cl)cc1)n1cnc(-c2ccccc2)c1-c1c(C(=O)Nc2ccnn2Cc2ccncc2)[nH]c2cc(Cl)ccc12. The molecule has 0 saturated carbocycles. The van der Waals surface area contributed by atoms with Crippen LogP contribution in [0.1, 0.15) is 34.6 Å². The zero-order valence-electron chi connectivity index (χ0n) is 24.2. The van der Waals surface area contributed by atoms with Crippen LogP contribution in [0.4, 0.5) is 5.82 Å². The summed E-state index contributed by atoms with van der Waals surface area (Å²) < 4.78 is 3.85. The van der Waals surface area contributed by atoms with Gasteiger partial charge in [-0.15, -0.1) is 0 Å².